The van der Waals surface area contributed by atoms with Crippen LogP contribution in [0.1, 0.15) is 18.9 Å². The molecule has 88 valence electrons. The number of hydrogen-bond donors (Lipinski definition) is 1. The Morgan fingerprint density at radius 3 is 3.00 bits per heavy atom. The van der Waals surface area contributed by atoms with Crippen molar-refractivity contribution in [3.63, 3.8) is 0 Å². The molecule has 2 atom stereocenters. The van der Waals surface area contributed by atoms with E-state index in [1.807, 2.05) is 7.05 Å². The monoisotopic (exact) mass is 282 g/mol. The van der Waals surface area contributed by atoms with Crippen LogP contribution in [0.15, 0.2) is 22.7 Å². The Hall–Kier alpha value is -0.540. The van der Waals surface area contributed by atoms with Gasteiger partial charge in [0, 0.05) is 29.3 Å². The third-order valence-corrected chi connectivity index (χ3v) is 4.04. The molecule has 0 radical (unpaired) electrons. The lowest BCUT2D eigenvalue weighted by Crippen LogP contribution is -2.35. The molecule has 1 N–H and O–H groups in total. The minimum atomic E-state index is 0.574. The van der Waals surface area contributed by atoms with Crippen molar-refractivity contribution in [3.05, 3.63) is 28.2 Å². The molecule has 1 heterocycles. The molecule has 1 aromatic carbocycles. The lowest BCUT2D eigenvalue weighted by molar-refractivity contribution is 0.490. The van der Waals surface area contributed by atoms with E-state index < -0.39 is 0 Å². The number of hydrogen-bond acceptors (Lipinski definition) is 2. The number of anilines is 1. The maximum Gasteiger partial charge on any atom is 0.0400 e. The molecular weight excluding hydrogens is 264 g/mol. The molecule has 0 aliphatic carbocycles. The van der Waals surface area contributed by atoms with Gasteiger partial charge in [-0.2, -0.15) is 0 Å². The molecule has 0 saturated heterocycles. The number of nitrogens with zero attached hydrogens (tertiary/aromatic N) is 1. The van der Waals surface area contributed by atoms with E-state index in [4.69, 9.17) is 0 Å². The minimum Gasteiger partial charge on any atom is -0.371 e. The van der Waals surface area contributed by atoms with Crippen molar-refractivity contribution in [2.75, 3.05) is 19.0 Å². The molecule has 0 amide bonds. The van der Waals surface area contributed by atoms with E-state index in [-0.39, 0.29) is 0 Å². The maximum absolute atomic E-state index is 3.54. The molecule has 2 rings (SSSR count). The van der Waals surface area contributed by atoms with Gasteiger partial charge in [0.1, 0.15) is 0 Å². The van der Waals surface area contributed by atoms with Gasteiger partial charge < -0.3 is 10.2 Å². The Kier molecular flexibility index (Phi) is 3.55. The summed E-state index contributed by atoms with van der Waals surface area (Å²) in [5.74, 6) is 0. The van der Waals surface area contributed by atoms with Crippen LogP contribution >= 0.6 is 15.9 Å². The lowest BCUT2D eigenvalue weighted by Gasteiger charge is -2.25. The Morgan fingerprint density at radius 1 is 1.56 bits per heavy atom. The van der Waals surface area contributed by atoms with Gasteiger partial charge in [-0.05, 0) is 50.6 Å². The van der Waals surface area contributed by atoms with Crippen LogP contribution < -0.4 is 10.2 Å². The standard InChI is InChI=1S/C13H19BrN2/c1-9(15-2)6-12-8-10-7-11(14)4-5-13(10)16(12)3/h4-5,7,9,12,15H,6,8H2,1-3H3. The molecule has 0 bridgehead atoms. The highest BCUT2D eigenvalue weighted by Crippen LogP contribution is 2.34. The molecule has 1 aliphatic heterocycles. The van der Waals surface area contributed by atoms with Gasteiger partial charge in [-0.15, -0.1) is 0 Å². The van der Waals surface area contributed by atoms with Crippen molar-refractivity contribution in [2.45, 2.75) is 31.8 Å². The summed E-state index contributed by atoms with van der Waals surface area (Å²) in [6, 6.07) is 7.79. The van der Waals surface area contributed by atoms with Crippen molar-refractivity contribution >= 4 is 21.6 Å². The number of benzene rings is 1. The zero-order valence-electron chi connectivity index (χ0n) is 10.1. The molecule has 1 aliphatic rings. The molecular formula is C13H19BrN2. The number of halogens is 1. The van der Waals surface area contributed by atoms with Crippen LogP contribution in [0.25, 0.3) is 0 Å². The molecule has 2 nitrogen and oxygen atoms in total. The normalized spacial score (nSPS) is 21.0. The quantitative estimate of drug-likeness (QED) is 0.917. The zero-order valence-corrected chi connectivity index (χ0v) is 11.7. The molecule has 0 spiro atoms. The van der Waals surface area contributed by atoms with Gasteiger partial charge in [0.15, 0.2) is 0 Å². The molecule has 16 heavy (non-hydrogen) atoms. The summed E-state index contributed by atoms with van der Waals surface area (Å²) in [5.41, 5.74) is 2.85. The highest BCUT2D eigenvalue weighted by molar-refractivity contribution is 9.10. The predicted molar refractivity (Wildman–Crippen MR) is 73.2 cm³/mol. The second-order valence-corrected chi connectivity index (χ2v) is 5.58. The highest BCUT2D eigenvalue weighted by atomic mass is 79.9. The van der Waals surface area contributed by atoms with Crippen LogP contribution in [0.4, 0.5) is 5.69 Å². The van der Waals surface area contributed by atoms with Gasteiger partial charge in [0.25, 0.3) is 0 Å². The van der Waals surface area contributed by atoms with Gasteiger partial charge in [-0.3, -0.25) is 0 Å². The van der Waals surface area contributed by atoms with Gasteiger partial charge >= 0.3 is 0 Å². The molecule has 3 heteroatoms. The number of fused-ring (bicyclic) bond motifs is 1. The Labute approximate surface area is 106 Å². The second-order valence-electron chi connectivity index (χ2n) is 4.67. The fourth-order valence-electron chi connectivity index (χ4n) is 2.42. The van der Waals surface area contributed by atoms with E-state index in [2.05, 4.69) is 58.3 Å². The Bertz CT molecular complexity index is 378. The molecule has 0 aromatic heterocycles. The Morgan fingerprint density at radius 2 is 2.31 bits per heavy atom. The Balaban J connectivity index is 2.14. The van der Waals surface area contributed by atoms with E-state index in [1.54, 1.807) is 0 Å². The average Bonchev–Trinajstić information content (AvgIpc) is 2.55. The summed E-state index contributed by atoms with van der Waals surface area (Å²) in [4.78, 5) is 2.41. The van der Waals surface area contributed by atoms with Crippen molar-refractivity contribution < 1.29 is 0 Å². The van der Waals surface area contributed by atoms with Gasteiger partial charge in [-0.25, -0.2) is 0 Å². The minimum absolute atomic E-state index is 0.574. The van der Waals surface area contributed by atoms with Crippen LogP contribution in [0.3, 0.4) is 0 Å². The van der Waals surface area contributed by atoms with Gasteiger partial charge in [-0.1, -0.05) is 15.9 Å². The van der Waals surface area contributed by atoms with E-state index >= 15 is 0 Å². The van der Waals surface area contributed by atoms with Crippen LogP contribution in [-0.4, -0.2) is 26.2 Å². The van der Waals surface area contributed by atoms with Crippen LogP contribution in [0.2, 0.25) is 0 Å². The van der Waals surface area contributed by atoms with E-state index in [1.165, 1.54) is 22.1 Å². The predicted octanol–water partition coefficient (Wildman–Crippen LogP) is 2.81. The largest absolute Gasteiger partial charge is 0.371 e. The number of nitrogens with one attached hydrogen (secondary N) is 1. The average molecular weight is 283 g/mol. The van der Waals surface area contributed by atoms with Crippen LogP contribution in [-0.2, 0) is 6.42 Å². The maximum atomic E-state index is 3.54. The topological polar surface area (TPSA) is 15.3 Å². The molecule has 0 saturated carbocycles. The number of likely N-dealkylation sites (N-methyl/N-ethyl adjacent to an activating group) is 1. The fraction of sp³-hybridized carbons (Fsp3) is 0.538. The summed E-state index contributed by atoms with van der Waals surface area (Å²) in [5, 5.41) is 3.31. The van der Waals surface area contributed by atoms with Crippen molar-refractivity contribution in [1.29, 1.82) is 0 Å². The lowest BCUT2D eigenvalue weighted by atomic mass is 10.0. The second kappa shape index (κ2) is 4.76. The zero-order chi connectivity index (χ0) is 11.7. The van der Waals surface area contributed by atoms with E-state index in [9.17, 15) is 0 Å². The first-order valence-corrected chi connectivity index (χ1v) is 6.59. The molecule has 1 aromatic rings. The van der Waals surface area contributed by atoms with Gasteiger partial charge in [0.2, 0.25) is 0 Å². The summed E-state index contributed by atoms with van der Waals surface area (Å²) >= 11 is 3.54. The third-order valence-electron chi connectivity index (χ3n) is 3.54. The number of rotatable bonds is 3. The van der Waals surface area contributed by atoms with E-state index in [0.717, 1.165) is 6.42 Å². The first-order valence-electron chi connectivity index (χ1n) is 5.80. The van der Waals surface area contributed by atoms with Crippen molar-refractivity contribution in [1.82, 2.24) is 5.32 Å². The van der Waals surface area contributed by atoms with Crippen LogP contribution in [0.5, 0.6) is 0 Å². The fourth-order valence-corrected chi connectivity index (χ4v) is 2.83. The van der Waals surface area contributed by atoms with Crippen molar-refractivity contribution in [3.8, 4) is 0 Å². The van der Waals surface area contributed by atoms with Crippen LogP contribution in [0, 0.1) is 0 Å². The summed E-state index contributed by atoms with van der Waals surface area (Å²) < 4.78 is 1.18. The first-order chi connectivity index (χ1) is 7.61. The van der Waals surface area contributed by atoms with Gasteiger partial charge in [0.05, 0.1) is 0 Å². The summed E-state index contributed by atoms with van der Waals surface area (Å²) in [6.45, 7) is 2.24. The van der Waals surface area contributed by atoms with Crippen molar-refractivity contribution in [2.24, 2.45) is 0 Å². The summed E-state index contributed by atoms with van der Waals surface area (Å²) in [6.07, 6.45) is 2.36. The van der Waals surface area contributed by atoms with E-state index in [0.29, 0.717) is 12.1 Å². The summed E-state index contributed by atoms with van der Waals surface area (Å²) in [7, 11) is 4.23. The third kappa shape index (κ3) is 2.25. The molecule has 0 fully saturated rings. The smallest absolute Gasteiger partial charge is 0.0400 e. The first kappa shape index (κ1) is 11.9. The highest BCUT2D eigenvalue weighted by Gasteiger charge is 2.27. The molecule has 2 unspecified atom stereocenters. The SMILES string of the molecule is CNC(C)CC1Cc2cc(Br)ccc2N1C.